The lowest BCUT2D eigenvalue weighted by Crippen LogP contribution is -2.30. The SMILES string of the molecule is CCCN1C(=S)N[C@@H](c2ccccn2)[C@H]1c1cc(C)n(C)c1C. The third-order valence-electron chi connectivity index (χ3n) is 4.80. The molecule has 3 rings (SSSR count). The highest BCUT2D eigenvalue weighted by Gasteiger charge is 2.40. The number of nitrogens with one attached hydrogen (secondary N) is 1. The van der Waals surface area contributed by atoms with Crippen molar-refractivity contribution in [3.05, 3.63) is 53.1 Å². The van der Waals surface area contributed by atoms with Gasteiger partial charge in [-0.25, -0.2) is 0 Å². The van der Waals surface area contributed by atoms with E-state index in [1.54, 1.807) is 0 Å². The van der Waals surface area contributed by atoms with Crippen LogP contribution in [-0.2, 0) is 7.05 Å². The molecule has 1 aliphatic heterocycles. The molecule has 2 aromatic rings. The summed E-state index contributed by atoms with van der Waals surface area (Å²) in [6.07, 6.45) is 2.92. The minimum atomic E-state index is 0.0933. The summed E-state index contributed by atoms with van der Waals surface area (Å²) in [6.45, 7) is 7.48. The van der Waals surface area contributed by atoms with Crippen LogP contribution in [0.4, 0.5) is 0 Å². The number of hydrogen-bond acceptors (Lipinski definition) is 2. The summed E-state index contributed by atoms with van der Waals surface area (Å²) >= 11 is 5.62. The lowest BCUT2D eigenvalue weighted by Gasteiger charge is -2.27. The fourth-order valence-corrected chi connectivity index (χ4v) is 3.74. The molecule has 0 aromatic carbocycles. The number of hydrogen-bond donors (Lipinski definition) is 1. The van der Waals surface area contributed by atoms with Crippen molar-refractivity contribution in [3.8, 4) is 0 Å². The predicted octanol–water partition coefficient (Wildman–Crippen LogP) is 3.42. The molecule has 23 heavy (non-hydrogen) atoms. The second-order valence-electron chi connectivity index (χ2n) is 6.21. The van der Waals surface area contributed by atoms with Crippen molar-refractivity contribution in [1.82, 2.24) is 19.8 Å². The van der Waals surface area contributed by atoms with Gasteiger partial charge in [0.25, 0.3) is 0 Å². The quantitative estimate of drug-likeness (QED) is 0.872. The normalized spacial score (nSPS) is 20.9. The minimum absolute atomic E-state index is 0.0933. The topological polar surface area (TPSA) is 33.1 Å². The van der Waals surface area contributed by atoms with Crippen LogP contribution in [0.3, 0.4) is 0 Å². The third-order valence-corrected chi connectivity index (χ3v) is 5.15. The number of aromatic nitrogens is 2. The van der Waals surface area contributed by atoms with Crippen LogP contribution in [0.25, 0.3) is 0 Å². The Kier molecular flexibility index (Phi) is 4.39. The van der Waals surface area contributed by atoms with E-state index in [1.807, 2.05) is 18.3 Å². The second-order valence-corrected chi connectivity index (χ2v) is 6.59. The van der Waals surface area contributed by atoms with E-state index in [2.05, 4.69) is 59.7 Å². The predicted molar refractivity (Wildman–Crippen MR) is 97.3 cm³/mol. The molecule has 0 amide bonds. The summed E-state index contributed by atoms with van der Waals surface area (Å²) in [7, 11) is 2.12. The maximum atomic E-state index is 5.62. The molecule has 1 N–H and O–H groups in total. The fraction of sp³-hybridized carbons (Fsp3) is 0.444. The van der Waals surface area contributed by atoms with Crippen molar-refractivity contribution in [2.75, 3.05) is 6.54 Å². The first kappa shape index (κ1) is 16.0. The molecule has 2 aromatic heterocycles. The highest BCUT2D eigenvalue weighted by Crippen LogP contribution is 2.40. The number of nitrogens with zero attached hydrogens (tertiary/aromatic N) is 3. The van der Waals surface area contributed by atoms with Crippen LogP contribution in [0.5, 0.6) is 0 Å². The van der Waals surface area contributed by atoms with E-state index in [4.69, 9.17) is 12.2 Å². The molecule has 0 radical (unpaired) electrons. The highest BCUT2D eigenvalue weighted by molar-refractivity contribution is 7.80. The van der Waals surface area contributed by atoms with Crippen LogP contribution < -0.4 is 5.32 Å². The Hall–Kier alpha value is -1.88. The average Bonchev–Trinajstić information content (AvgIpc) is 3.01. The van der Waals surface area contributed by atoms with Gasteiger partial charge in [-0.2, -0.15) is 0 Å². The maximum Gasteiger partial charge on any atom is 0.170 e. The molecular weight excluding hydrogens is 304 g/mol. The molecule has 4 nitrogen and oxygen atoms in total. The van der Waals surface area contributed by atoms with Crippen molar-refractivity contribution in [2.45, 2.75) is 39.3 Å². The molecule has 0 saturated carbocycles. The molecular formula is C18H24N4S. The number of thiocarbonyl (C=S) groups is 1. The molecule has 1 saturated heterocycles. The first-order valence-corrected chi connectivity index (χ1v) is 8.56. The second kappa shape index (κ2) is 6.32. The van der Waals surface area contributed by atoms with Gasteiger partial charge in [0.15, 0.2) is 5.11 Å². The van der Waals surface area contributed by atoms with Crippen LogP contribution in [0.1, 0.15) is 48.1 Å². The first-order chi connectivity index (χ1) is 11.0. The van der Waals surface area contributed by atoms with Crippen LogP contribution in [-0.4, -0.2) is 26.1 Å². The third kappa shape index (κ3) is 2.74. The van der Waals surface area contributed by atoms with Gasteiger partial charge in [-0.15, -0.1) is 0 Å². The van der Waals surface area contributed by atoms with E-state index >= 15 is 0 Å². The van der Waals surface area contributed by atoms with Gasteiger partial charge in [0.1, 0.15) is 0 Å². The zero-order valence-corrected chi connectivity index (χ0v) is 15.0. The van der Waals surface area contributed by atoms with Gasteiger partial charge in [-0.1, -0.05) is 13.0 Å². The molecule has 3 heterocycles. The van der Waals surface area contributed by atoms with Gasteiger partial charge in [-0.05, 0) is 56.2 Å². The molecule has 1 fully saturated rings. The Balaban J connectivity index is 2.09. The molecule has 0 aliphatic carbocycles. The Bertz CT molecular complexity index is 707. The maximum absolute atomic E-state index is 5.62. The van der Waals surface area contributed by atoms with Crippen LogP contribution >= 0.6 is 12.2 Å². The Morgan fingerprint density at radius 1 is 1.30 bits per heavy atom. The van der Waals surface area contributed by atoms with Crippen molar-refractivity contribution >= 4 is 17.3 Å². The fourth-order valence-electron chi connectivity index (χ4n) is 3.41. The van der Waals surface area contributed by atoms with E-state index in [1.165, 1.54) is 17.0 Å². The van der Waals surface area contributed by atoms with Gasteiger partial charge in [0.2, 0.25) is 0 Å². The molecule has 0 unspecified atom stereocenters. The van der Waals surface area contributed by atoms with E-state index < -0.39 is 0 Å². The zero-order valence-electron chi connectivity index (χ0n) is 14.2. The van der Waals surface area contributed by atoms with Crippen molar-refractivity contribution < 1.29 is 0 Å². The van der Waals surface area contributed by atoms with Crippen molar-refractivity contribution in [2.24, 2.45) is 7.05 Å². The lowest BCUT2D eigenvalue weighted by atomic mass is 9.96. The minimum Gasteiger partial charge on any atom is -0.352 e. The van der Waals surface area contributed by atoms with E-state index in [-0.39, 0.29) is 12.1 Å². The lowest BCUT2D eigenvalue weighted by molar-refractivity contribution is 0.316. The number of rotatable bonds is 4. The van der Waals surface area contributed by atoms with E-state index in [0.29, 0.717) is 0 Å². The van der Waals surface area contributed by atoms with Gasteiger partial charge >= 0.3 is 0 Å². The van der Waals surface area contributed by atoms with Crippen LogP contribution in [0.15, 0.2) is 30.5 Å². The molecule has 122 valence electrons. The Morgan fingerprint density at radius 3 is 2.65 bits per heavy atom. The summed E-state index contributed by atoms with van der Waals surface area (Å²) in [5.41, 5.74) is 4.94. The summed E-state index contributed by atoms with van der Waals surface area (Å²) in [5.74, 6) is 0. The number of pyridine rings is 1. The average molecular weight is 328 g/mol. The Labute approximate surface area is 143 Å². The standard InChI is InChI=1S/C18H24N4S/c1-5-10-22-17(14-11-12(2)21(4)13(14)3)16(20-18(22)23)15-8-6-7-9-19-15/h6-9,11,16-17H,5,10H2,1-4H3,(H,20,23)/t16-,17+/m0/s1. The summed E-state index contributed by atoms with van der Waals surface area (Å²) in [6, 6.07) is 8.64. The molecule has 1 aliphatic rings. The highest BCUT2D eigenvalue weighted by atomic mass is 32.1. The van der Waals surface area contributed by atoms with Crippen molar-refractivity contribution in [1.29, 1.82) is 0 Å². The van der Waals surface area contributed by atoms with Gasteiger partial charge in [0, 0.05) is 31.2 Å². The van der Waals surface area contributed by atoms with Crippen LogP contribution in [0, 0.1) is 13.8 Å². The zero-order chi connectivity index (χ0) is 16.6. The Morgan fingerprint density at radius 2 is 2.09 bits per heavy atom. The summed E-state index contributed by atoms with van der Waals surface area (Å²) in [4.78, 5) is 6.88. The van der Waals surface area contributed by atoms with E-state index in [9.17, 15) is 0 Å². The molecule has 0 bridgehead atoms. The number of aryl methyl sites for hydroxylation is 1. The van der Waals surface area contributed by atoms with Gasteiger partial charge < -0.3 is 14.8 Å². The largest absolute Gasteiger partial charge is 0.352 e. The molecule has 0 spiro atoms. The molecule has 5 heteroatoms. The first-order valence-electron chi connectivity index (χ1n) is 8.15. The van der Waals surface area contributed by atoms with Crippen LogP contribution in [0.2, 0.25) is 0 Å². The van der Waals surface area contributed by atoms with Gasteiger partial charge in [-0.3, -0.25) is 4.98 Å². The smallest absolute Gasteiger partial charge is 0.170 e. The molecule has 2 atom stereocenters. The van der Waals surface area contributed by atoms with Crippen molar-refractivity contribution in [3.63, 3.8) is 0 Å². The van der Waals surface area contributed by atoms with Gasteiger partial charge in [0.05, 0.1) is 17.8 Å². The monoisotopic (exact) mass is 328 g/mol. The summed E-state index contributed by atoms with van der Waals surface area (Å²) < 4.78 is 2.25. The summed E-state index contributed by atoms with van der Waals surface area (Å²) in [5, 5.41) is 4.32. The van der Waals surface area contributed by atoms with E-state index in [0.717, 1.165) is 23.8 Å².